The Kier molecular flexibility index (Phi) is 6.16. The van der Waals surface area contributed by atoms with Crippen LogP contribution in [-0.2, 0) is 9.47 Å². The van der Waals surface area contributed by atoms with Crippen molar-refractivity contribution in [3.05, 3.63) is 22.4 Å². The zero-order valence-electron chi connectivity index (χ0n) is 12.3. The van der Waals surface area contributed by atoms with E-state index in [9.17, 15) is 14.4 Å². The fourth-order valence-electron chi connectivity index (χ4n) is 1.28. The summed E-state index contributed by atoms with van der Waals surface area (Å²) in [4.78, 5) is 36.0. The lowest BCUT2D eigenvalue weighted by Gasteiger charge is -2.21. The number of hydrogen-bond acceptors (Lipinski definition) is 6. The van der Waals surface area contributed by atoms with E-state index in [2.05, 4.69) is 5.43 Å². The van der Waals surface area contributed by atoms with Gasteiger partial charge in [-0.1, -0.05) is 6.07 Å². The van der Waals surface area contributed by atoms with Gasteiger partial charge >= 0.3 is 12.2 Å². The lowest BCUT2D eigenvalue weighted by atomic mass is 10.4. The van der Waals surface area contributed by atoms with Crippen molar-refractivity contribution in [1.29, 1.82) is 0 Å². The fraction of sp³-hybridized carbons (Fsp3) is 0.462. The molecule has 1 aromatic heterocycles. The molecule has 1 aromatic rings. The molecule has 116 valence electrons. The molecule has 21 heavy (non-hydrogen) atoms. The quantitative estimate of drug-likeness (QED) is 0.867. The van der Waals surface area contributed by atoms with Crippen LogP contribution < -0.4 is 5.43 Å². The van der Waals surface area contributed by atoms with Crippen molar-refractivity contribution in [3.8, 4) is 0 Å². The molecule has 3 amide bonds. The molecule has 0 radical (unpaired) electrons. The second kappa shape index (κ2) is 7.63. The van der Waals surface area contributed by atoms with E-state index >= 15 is 0 Å². The number of imide groups is 1. The van der Waals surface area contributed by atoms with Gasteiger partial charge in [-0.3, -0.25) is 4.79 Å². The average Bonchev–Trinajstić information content (AvgIpc) is 2.86. The second-order valence-electron chi connectivity index (χ2n) is 4.62. The molecule has 0 atom stereocenters. The zero-order chi connectivity index (χ0) is 16.0. The average molecular weight is 314 g/mol. The molecule has 0 aliphatic carbocycles. The van der Waals surface area contributed by atoms with Gasteiger partial charge in [0.05, 0.1) is 17.1 Å². The van der Waals surface area contributed by atoms with Gasteiger partial charge in [-0.15, -0.1) is 16.3 Å². The van der Waals surface area contributed by atoms with E-state index in [1.165, 1.54) is 6.07 Å². The Balaban J connectivity index is 2.86. The smallest absolute Gasteiger partial charge is 0.436 e. The summed E-state index contributed by atoms with van der Waals surface area (Å²) in [5.74, 6) is -0.684. The molecule has 1 rings (SSSR count). The Morgan fingerprint density at radius 3 is 2.24 bits per heavy atom. The number of hydrogen-bond donors (Lipinski definition) is 1. The van der Waals surface area contributed by atoms with Crippen molar-refractivity contribution < 1.29 is 23.9 Å². The lowest BCUT2D eigenvalue weighted by Crippen LogP contribution is -2.50. The van der Waals surface area contributed by atoms with E-state index in [1.807, 2.05) is 0 Å². The van der Waals surface area contributed by atoms with Crippen molar-refractivity contribution >= 4 is 29.4 Å². The first kappa shape index (κ1) is 17.0. The molecule has 0 saturated heterocycles. The first-order chi connectivity index (χ1) is 9.81. The number of rotatable bonds is 3. The summed E-state index contributed by atoms with van der Waals surface area (Å²) in [7, 11) is 0. The number of hydrazine groups is 1. The highest BCUT2D eigenvalue weighted by molar-refractivity contribution is 7.12. The van der Waals surface area contributed by atoms with Gasteiger partial charge in [-0.25, -0.2) is 15.0 Å². The van der Waals surface area contributed by atoms with Crippen LogP contribution in [0, 0.1) is 0 Å². The van der Waals surface area contributed by atoms with Gasteiger partial charge in [0.1, 0.15) is 0 Å². The molecular formula is C13H18N2O5S. The van der Waals surface area contributed by atoms with E-state index in [0.717, 1.165) is 11.3 Å². The van der Waals surface area contributed by atoms with Gasteiger partial charge in [0, 0.05) is 0 Å². The first-order valence-corrected chi connectivity index (χ1v) is 7.25. The standard InChI is InChI=1S/C13H18N2O5S/c1-8(2)19-12(17)14-15(13(18)20-9(3)4)11(16)10-6-5-7-21-10/h5-9H,1-4H3,(H,14,17). The van der Waals surface area contributed by atoms with Gasteiger partial charge in [0.2, 0.25) is 0 Å². The fourth-order valence-corrected chi connectivity index (χ4v) is 1.93. The van der Waals surface area contributed by atoms with Crippen molar-refractivity contribution in [2.75, 3.05) is 0 Å². The maximum absolute atomic E-state index is 12.2. The molecule has 0 aliphatic rings. The summed E-state index contributed by atoms with van der Waals surface area (Å²) in [5, 5.41) is 2.20. The highest BCUT2D eigenvalue weighted by atomic mass is 32.1. The largest absolute Gasteiger partial charge is 0.446 e. The monoisotopic (exact) mass is 314 g/mol. The second-order valence-corrected chi connectivity index (χ2v) is 5.56. The van der Waals surface area contributed by atoms with E-state index in [1.54, 1.807) is 39.1 Å². The molecule has 7 nitrogen and oxygen atoms in total. The molecule has 0 spiro atoms. The van der Waals surface area contributed by atoms with Crippen molar-refractivity contribution in [2.24, 2.45) is 0 Å². The molecule has 0 saturated carbocycles. The minimum absolute atomic E-state index is 0.292. The zero-order valence-corrected chi connectivity index (χ0v) is 13.1. The molecule has 0 unspecified atom stereocenters. The van der Waals surface area contributed by atoms with Crippen molar-refractivity contribution in [1.82, 2.24) is 10.4 Å². The third kappa shape index (κ3) is 5.42. The maximum atomic E-state index is 12.2. The Bertz CT molecular complexity index is 499. The van der Waals surface area contributed by atoms with E-state index in [0.29, 0.717) is 9.89 Å². The molecule has 0 aliphatic heterocycles. The Labute approximate surface area is 126 Å². The number of carbonyl (C=O) groups is 3. The number of nitrogens with zero attached hydrogens (tertiary/aromatic N) is 1. The number of thiophene rings is 1. The lowest BCUT2D eigenvalue weighted by molar-refractivity contribution is 0.0386. The summed E-state index contributed by atoms with van der Waals surface area (Å²) < 4.78 is 9.79. The Hall–Kier alpha value is -2.09. The summed E-state index contributed by atoms with van der Waals surface area (Å²) in [6.45, 7) is 6.57. The number of ether oxygens (including phenoxy) is 2. The maximum Gasteiger partial charge on any atom is 0.436 e. The number of amides is 3. The van der Waals surface area contributed by atoms with Gasteiger partial charge in [0.25, 0.3) is 5.91 Å². The molecule has 0 bridgehead atoms. The van der Waals surface area contributed by atoms with Crippen LogP contribution in [0.1, 0.15) is 37.4 Å². The minimum atomic E-state index is -0.968. The van der Waals surface area contributed by atoms with Crippen LogP contribution in [0.15, 0.2) is 17.5 Å². The predicted molar refractivity (Wildman–Crippen MR) is 76.9 cm³/mol. The normalized spacial score (nSPS) is 10.4. The van der Waals surface area contributed by atoms with Gasteiger partial charge in [0.15, 0.2) is 0 Å². The Morgan fingerprint density at radius 1 is 1.14 bits per heavy atom. The molecule has 8 heteroatoms. The third-order valence-electron chi connectivity index (χ3n) is 2.00. The van der Waals surface area contributed by atoms with Crippen LogP contribution in [0.25, 0.3) is 0 Å². The molecular weight excluding hydrogens is 296 g/mol. The summed E-state index contributed by atoms with van der Waals surface area (Å²) in [5.41, 5.74) is 2.10. The van der Waals surface area contributed by atoms with E-state index in [4.69, 9.17) is 9.47 Å². The number of carbonyl (C=O) groups excluding carboxylic acids is 3. The van der Waals surface area contributed by atoms with Gasteiger partial charge < -0.3 is 9.47 Å². The van der Waals surface area contributed by atoms with Crippen LogP contribution in [0.5, 0.6) is 0 Å². The summed E-state index contributed by atoms with van der Waals surface area (Å²) in [6, 6.07) is 3.20. The van der Waals surface area contributed by atoms with E-state index < -0.39 is 24.2 Å². The van der Waals surface area contributed by atoms with Crippen LogP contribution in [0.3, 0.4) is 0 Å². The first-order valence-electron chi connectivity index (χ1n) is 6.37. The van der Waals surface area contributed by atoms with Crippen LogP contribution in [-0.4, -0.2) is 35.3 Å². The SMILES string of the molecule is CC(C)OC(=O)NN(C(=O)OC(C)C)C(=O)c1cccs1. The van der Waals surface area contributed by atoms with Crippen molar-refractivity contribution in [3.63, 3.8) is 0 Å². The highest BCUT2D eigenvalue weighted by Gasteiger charge is 2.28. The number of nitrogens with one attached hydrogen (secondary N) is 1. The van der Waals surface area contributed by atoms with Gasteiger partial charge in [-0.2, -0.15) is 0 Å². The predicted octanol–water partition coefficient (Wildman–Crippen LogP) is 2.78. The van der Waals surface area contributed by atoms with Gasteiger partial charge in [-0.05, 0) is 39.1 Å². The van der Waals surface area contributed by atoms with Crippen LogP contribution in [0.2, 0.25) is 0 Å². The minimum Gasteiger partial charge on any atom is -0.446 e. The molecule has 1 N–H and O–H groups in total. The van der Waals surface area contributed by atoms with Crippen molar-refractivity contribution in [2.45, 2.75) is 39.9 Å². The highest BCUT2D eigenvalue weighted by Crippen LogP contribution is 2.12. The van der Waals surface area contributed by atoms with E-state index in [-0.39, 0.29) is 6.10 Å². The summed E-state index contributed by atoms with van der Waals surface area (Å²) in [6.07, 6.45) is -2.69. The Morgan fingerprint density at radius 2 is 1.76 bits per heavy atom. The van der Waals surface area contributed by atoms with Crippen LogP contribution in [0.4, 0.5) is 9.59 Å². The molecule has 0 fully saturated rings. The molecule has 1 heterocycles. The molecule has 0 aromatic carbocycles. The third-order valence-corrected chi connectivity index (χ3v) is 2.86. The topological polar surface area (TPSA) is 84.9 Å². The van der Waals surface area contributed by atoms with Crippen LogP contribution >= 0.6 is 11.3 Å². The summed E-state index contributed by atoms with van der Waals surface area (Å²) >= 11 is 1.15.